The van der Waals surface area contributed by atoms with E-state index < -0.39 is 0 Å². The fourth-order valence-electron chi connectivity index (χ4n) is 2.83. The van der Waals surface area contributed by atoms with Crippen molar-refractivity contribution in [2.75, 3.05) is 21.3 Å². The van der Waals surface area contributed by atoms with Crippen molar-refractivity contribution in [2.45, 2.75) is 20.8 Å². The molecule has 2 aromatic rings. The van der Waals surface area contributed by atoms with Crippen LogP contribution < -0.4 is 19.8 Å². The summed E-state index contributed by atoms with van der Waals surface area (Å²) >= 11 is 0. The number of ether oxygens (including phenoxy) is 3. The molecule has 0 spiro atoms. The van der Waals surface area contributed by atoms with E-state index in [0.29, 0.717) is 33.9 Å². The second-order valence-corrected chi connectivity index (χ2v) is 5.95. The molecule has 0 unspecified atom stereocenters. The second-order valence-electron chi connectivity index (χ2n) is 5.95. The Hall–Kier alpha value is -3.02. The lowest BCUT2D eigenvalue weighted by Crippen LogP contribution is -2.21. The number of pyridine rings is 1. The van der Waals surface area contributed by atoms with Crippen molar-refractivity contribution in [3.63, 3.8) is 0 Å². The van der Waals surface area contributed by atoms with E-state index in [2.05, 4.69) is 4.98 Å². The Morgan fingerprint density at radius 3 is 2.04 bits per heavy atom. The zero-order valence-electron chi connectivity index (χ0n) is 15.9. The second kappa shape index (κ2) is 7.91. The highest BCUT2D eigenvalue weighted by molar-refractivity contribution is 6.11. The number of aromatic nitrogens is 1. The van der Waals surface area contributed by atoms with Gasteiger partial charge in [-0.3, -0.25) is 9.59 Å². The number of hydrogen-bond donors (Lipinski definition) is 1. The molecule has 0 amide bonds. The number of rotatable bonds is 6. The molecular formula is C20H23NO5. The van der Waals surface area contributed by atoms with E-state index in [1.54, 1.807) is 45.0 Å². The van der Waals surface area contributed by atoms with Crippen molar-refractivity contribution in [1.29, 1.82) is 0 Å². The Bertz CT molecular complexity index is 899. The molecule has 0 aliphatic carbocycles. The van der Waals surface area contributed by atoms with Gasteiger partial charge >= 0.3 is 0 Å². The van der Waals surface area contributed by atoms with E-state index >= 15 is 0 Å². The summed E-state index contributed by atoms with van der Waals surface area (Å²) in [6, 6.07) is 5.26. The van der Waals surface area contributed by atoms with Crippen LogP contribution in [0.1, 0.15) is 34.1 Å². The average molecular weight is 357 g/mol. The third-order valence-corrected chi connectivity index (χ3v) is 4.02. The molecule has 1 aromatic carbocycles. The third-order valence-electron chi connectivity index (χ3n) is 4.02. The minimum atomic E-state index is -0.384. The zero-order valence-corrected chi connectivity index (χ0v) is 15.9. The fraction of sp³-hybridized carbons (Fsp3) is 0.300. The molecule has 0 fully saturated rings. The number of aromatic amines is 1. The highest BCUT2D eigenvalue weighted by atomic mass is 16.5. The Morgan fingerprint density at radius 1 is 1.00 bits per heavy atom. The summed E-state index contributed by atoms with van der Waals surface area (Å²) in [5, 5.41) is 0. The van der Waals surface area contributed by atoms with Gasteiger partial charge in [-0.25, -0.2) is 0 Å². The Morgan fingerprint density at radius 2 is 1.58 bits per heavy atom. The Kier molecular flexibility index (Phi) is 5.87. The molecule has 1 heterocycles. The number of carbonyl (C=O) groups excluding carboxylic acids is 1. The Labute approximate surface area is 152 Å². The van der Waals surface area contributed by atoms with Crippen molar-refractivity contribution in [3.8, 4) is 17.2 Å². The molecule has 0 aliphatic rings. The molecule has 6 heteroatoms. The van der Waals surface area contributed by atoms with E-state index in [1.807, 2.05) is 0 Å². The van der Waals surface area contributed by atoms with E-state index in [-0.39, 0.29) is 16.9 Å². The first kappa shape index (κ1) is 19.3. The van der Waals surface area contributed by atoms with Gasteiger partial charge in [0.1, 0.15) is 0 Å². The standard InChI is InChI=1S/C20H23NO5/c1-11-7-13(3)21-20(23)17(11)18(22)12(2)8-14-9-15(24-4)19(26-6)16(10-14)25-5/h7-10H,1-6H3,(H,21,23)/b12-8+. The lowest BCUT2D eigenvalue weighted by molar-refractivity contribution is 0.103. The topological polar surface area (TPSA) is 77.6 Å². The van der Waals surface area contributed by atoms with E-state index in [0.717, 1.165) is 5.69 Å². The van der Waals surface area contributed by atoms with Gasteiger partial charge in [-0.05, 0) is 61.7 Å². The molecule has 0 atom stereocenters. The number of allylic oxidation sites excluding steroid dienone is 1. The molecule has 1 aromatic heterocycles. The summed E-state index contributed by atoms with van der Waals surface area (Å²) in [5.41, 5.74) is 2.26. The van der Waals surface area contributed by atoms with Gasteiger partial charge in [0.25, 0.3) is 5.56 Å². The molecule has 138 valence electrons. The zero-order chi connectivity index (χ0) is 19.4. The molecule has 0 aliphatic heterocycles. The lowest BCUT2D eigenvalue weighted by Gasteiger charge is -2.13. The number of nitrogens with one attached hydrogen (secondary N) is 1. The number of methoxy groups -OCH3 is 3. The maximum Gasteiger partial charge on any atom is 0.259 e. The van der Waals surface area contributed by atoms with Crippen LogP contribution in [-0.2, 0) is 0 Å². The SMILES string of the molecule is COc1cc(/C=C(\C)C(=O)c2c(C)cc(C)[nH]c2=O)cc(OC)c1OC. The van der Waals surface area contributed by atoms with Gasteiger partial charge in [0, 0.05) is 5.69 Å². The molecule has 26 heavy (non-hydrogen) atoms. The van der Waals surface area contributed by atoms with Gasteiger partial charge in [0.15, 0.2) is 17.3 Å². The summed E-state index contributed by atoms with van der Waals surface area (Å²) in [4.78, 5) is 27.6. The van der Waals surface area contributed by atoms with Crippen LogP contribution in [0.3, 0.4) is 0 Å². The monoisotopic (exact) mass is 357 g/mol. The maximum atomic E-state index is 12.8. The van der Waals surface area contributed by atoms with Crippen molar-refractivity contribution in [1.82, 2.24) is 4.98 Å². The van der Waals surface area contributed by atoms with Gasteiger partial charge in [-0.2, -0.15) is 0 Å². The van der Waals surface area contributed by atoms with E-state index in [9.17, 15) is 9.59 Å². The van der Waals surface area contributed by atoms with E-state index in [1.165, 1.54) is 21.3 Å². The summed E-state index contributed by atoms with van der Waals surface area (Å²) in [7, 11) is 4.58. The van der Waals surface area contributed by atoms with Gasteiger partial charge < -0.3 is 19.2 Å². The van der Waals surface area contributed by atoms with Crippen molar-refractivity contribution in [2.24, 2.45) is 0 Å². The normalized spacial score (nSPS) is 11.2. The minimum absolute atomic E-state index is 0.150. The Balaban J connectivity index is 2.50. The minimum Gasteiger partial charge on any atom is -0.493 e. The van der Waals surface area contributed by atoms with Crippen molar-refractivity contribution in [3.05, 3.63) is 56.5 Å². The third kappa shape index (κ3) is 3.79. The van der Waals surface area contributed by atoms with E-state index in [4.69, 9.17) is 14.2 Å². The molecule has 6 nitrogen and oxygen atoms in total. The molecule has 0 radical (unpaired) electrons. The smallest absolute Gasteiger partial charge is 0.259 e. The summed E-state index contributed by atoms with van der Waals surface area (Å²) in [5.74, 6) is 1.13. The number of H-pyrrole nitrogens is 1. The molecular weight excluding hydrogens is 334 g/mol. The molecule has 0 bridgehead atoms. The first-order chi connectivity index (χ1) is 12.3. The summed E-state index contributed by atoms with van der Waals surface area (Å²) in [6.45, 7) is 5.20. The molecule has 2 rings (SSSR count). The van der Waals surface area contributed by atoms with Crippen LogP contribution >= 0.6 is 0 Å². The van der Waals surface area contributed by atoms with Crippen LogP contribution in [0.25, 0.3) is 6.08 Å². The van der Waals surface area contributed by atoms with Gasteiger partial charge in [0.05, 0.1) is 26.9 Å². The highest BCUT2D eigenvalue weighted by Gasteiger charge is 2.17. The lowest BCUT2D eigenvalue weighted by atomic mass is 9.99. The number of ketones is 1. The molecule has 0 saturated heterocycles. The van der Waals surface area contributed by atoms with Crippen LogP contribution in [-0.4, -0.2) is 32.1 Å². The number of aryl methyl sites for hydroxylation is 2. The molecule has 1 N–H and O–H groups in total. The van der Waals surface area contributed by atoms with Crippen molar-refractivity contribution < 1.29 is 19.0 Å². The predicted molar refractivity (Wildman–Crippen MR) is 101 cm³/mol. The van der Waals surface area contributed by atoms with Crippen LogP contribution in [0.15, 0.2) is 28.6 Å². The average Bonchev–Trinajstić information content (AvgIpc) is 2.59. The fourth-order valence-corrected chi connectivity index (χ4v) is 2.83. The first-order valence-electron chi connectivity index (χ1n) is 8.05. The predicted octanol–water partition coefficient (Wildman–Crippen LogP) is 3.30. The highest BCUT2D eigenvalue weighted by Crippen LogP contribution is 2.38. The van der Waals surface area contributed by atoms with Crippen LogP contribution in [0.2, 0.25) is 0 Å². The quantitative estimate of drug-likeness (QED) is 0.634. The number of benzene rings is 1. The first-order valence-corrected chi connectivity index (χ1v) is 8.05. The van der Waals surface area contributed by atoms with Crippen molar-refractivity contribution >= 4 is 11.9 Å². The number of carbonyl (C=O) groups is 1. The maximum absolute atomic E-state index is 12.8. The largest absolute Gasteiger partial charge is 0.493 e. The van der Waals surface area contributed by atoms with Crippen LogP contribution in [0.5, 0.6) is 17.2 Å². The summed E-state index contributed by atoms with van der Waals surface area (Å²) < 4.78 is 15.9. The number of hydrogen-bond acceptors (Lipinski definition) is 5. The van der Waals surface area contributed by atoms with Gasteiger partial charge in [0.2, 0.25) is 5.75 Å². The van der Waals surface area contributed by atoms with Gasteiger partial charge in [-0.15, -0.1) is 0 Å². The summed E-state index contributed by atoms with van der Waals surface area (Å²) in [6.07, 6.45) is 1.69. The van der Waals surface area contributed by atoms with Gasteiger partial charge in [-0.1, -0.05) is 0 Å². The molecule has 0 saturated carbocycles. The number of Topliss-reactive ketones (excluding diaryl/α,β-unsaturated/α-hetero) is 1. The van der Waals surface area contributed by atoms with Crippen LogP contribution in [0, 0.1) is 13.8 Å². The van der Waals surface area contributed by atoms with Crippen LogP contribution in [0.4, 0.5) is 0 Å².